The van der Waals surface area contributed by atoms with Gasteiger partial charge in [-0.1, -0.05) is 11.6 Å². The summed E-state index contributed by atoms with van der Waals surface area (Å²) in [6.45, 7) is 2.24. The summed E-state index contributed by atoms with van der Waals surface area (Å²) >= 11 is 6.50. The van der Waals surface area contributed by atoms with E-state index in [1.165, 1.54) is 0 Å². The molecule has 0 spiro atoms. The fourth-order valence-corrected chi connectivity index (χ4v) is 4.74. The van der Waals surface area contributed by atoms with E-state index in [0.717, 1.165) is 61.4 Å². The van der Waals surface area contributed by atoms with Gasteiger partial charge in [0.15, 0.2) is 11.5 Å². The van der Waals surface area contributed by atoms with E-state index in [4.69, 9.17) is 26.1 Å². The van der Waals surface area contributed by atoms with Gasteiger partial charge < -0.3 is 18.9 Å². The van der Waals surface area contributed by atoms with Gasteiger partial charge in [0.1, 0.15) is 5.82 Å². The molecule has 5 rings (SSSR count). The van der Waals surface area contributed by atoms with Gasteiger partial charge in [0.05, 0.1) is 19.9 Å². The maximum Gasteiger partial charge on any atom is 0.254 e. The number of hydrogen-bond acceptors (Lipinski definition) is 4. The molecular formula is C26H28ClN3O3. The number of rotatable bonds is 8. The predicted octanol–water partition coefficient (Wildman–Crippen LogP) is 5.22. The number of carbonyl (C=O) groups excluding carboxylic acids is 1. The Bertz CT molecular complexity index is 1160. The highest BCUT2D eigenvalue weighted by atomic mass is 35.5. The van der Waals surface area contributed by atoms with E-state index in [2.05, 4.69) is 16.8 Å². The van der Waals surface area contributed by atoms with Gasteiger partial charge in [0.25, 0.3) is 5.91 Å². The van der Waals surface area contributed by atoms with Crippen LogP contribution in [-0.2, 0) is 19.5 Å². The normalized spacial score (nSPS) is 14.8. The van der Waals surface area contributed by atoms with Crippen molar-refractivity contribution in [2.75, 3.05) is 20.8 Å². The molecule has 0 saturated heterocycles. The lowest BCUT2D eigenvalue weighted by molar-refractivity contribution is 0.0734. The first kappa shape index (κ1) is 21.8. The number of hydrogen-bond donors (Lipinski definition) is 0. The highest BCUT2D eigenvalue weighted by molar-refractivity contribution is 6.31. The number of carbonyl (C=O) groups is 1. The highest BCUT2D eigenvalue weighted by Gasteiger charge is 2.28. The minimum Gasteiger partial charge on any atom is -0.493 e. The summed E-state index contributed by atoms with van der Waals surface area (Å²) in [5.74, 6) is 2.82. The summed E-state index contributed by atoms with van der Waals surface area (Å²) in [6, 6.07) is 11.3. The summed E-state index contributed by atoms with van der Waals surface area (Å²) in [4.78, 5) is 20.2. The molecule has 1 aliphatic carbocycles. The van der Waals surface area contributed by atoms with Crippen LogP contribution in [0.4, 0.5) is 0 Å². The number of ether oxygens (including phenoxy) is 2. The zero-order chi connectivity index (χ0) is 22.9. The topological polar surface area (TPSA) is 56.6 Å². The number of methoxy groups -OCH3 is 2. The molecule has 1 amide bonds. The van der Waals surface area contributed by atoms with Crippen molar-refractivity contribution >= 4 is 17.5 Å². The third-order valence-electron chi connectivity index (χ3n) is 6.38. The number of nitrogens with zero attached hydrogens (tertiary/aromatic N) is 3. The number of halogens is 1. The van der Waals surface area contributed by atoms with Crippen molar-refractivity contribution in [3.8, 4) is 22.8 Å². The van der Waals surface area contributed by atoms with Gasteiger partial charge in [-0.3, -0.25) is 4.79 Å². The summed E-state index contributed by atoms with van der Waals surface area (Å²) < 4.78 is 12.9. The Kier molecular flexibility index (Phi) is 6.02. The van der Waals surface area contributed by atoms with E-state index in [9.17, 15) is 4.79 Å². The largest absolute Gasteiger partial charge is 0.493 e. The molecule has 1 aliphatic heterocycles. The van der Waals surface area contributed by atoms with Crippen molar-refractivity contribution in [2.45, 2.75) is 38.8 Å². The minimum absolute atomic E-state index is 0.0228. The van der Waals surface area contributed by atoms with Crippen molar-refractivity contribution in [1.29, 1.82) is 0 Å². The first-order valence-electron chi connectivity index (χ1n) is 11.4. The van der Waals surface area contributed by atoms with Crippen LogP contribution >= 0.6 is 11.6 Å². The zero-order valence-electron chi connectivity index (χ0n) is 19.0. The van der Waals surface area contributed by atoms with Gasteiger partial charge in [-0.05, 0) is 67.1 Å². The van der Waals surface area contributed by atoms with Crippen LogP contribution in [0.15, 0.2) is 42.6 Å². The average Bonchev–Trinajstić information content (AvgIpc) is 3.36. The van der Waals surface area contributed by atoms with Crippen molar-refractivity contribution in [3.05, 3.63) is 64.6 Å². The molecule has 1 fully saturated rings. The maximum atomic E-state index is 13.5. The number of aryl methyl sites for hydroxylation is 2. The molecule has 1 saturated carbocycles. The Morgan fingerprint density at radius 2 is 1.97 bits per heavy atom. The minimum atomic E-state index is -0.0228. The van der Waals surface area contributed by atoms with Crippen LogP contribution in [-0.4, -0.2) is 41.1 Å². The molecule has 172 valence electrons. The van der Waals surface area contributed by atoms with Crippen LogP contribution in [0.3, 0.4) is 0 Å². The maximum absolute atomic E-state index is 13.5. The van der Waals surface area contributed by atoms with E-state index in [1.807, 2.05) is 17.0 Å². The van der Waals surface area contributed by atoms with Crippen LogP contribution in [0.1, 0.15) is 41.0 Å². The van der Waals surface area contributed by atoms with E-state index >= 15 is 0 Å². The summed E-state index contributed by atoms with van der Waals surface area (Å²) in [7, 11) is 3.16. The van der Waals surface area contributed by atoms with E-state index < -0.39 is 0 Å². The van der Waals surface area contributed by atoms with Crippen molar-refractivity contribution < 1.29 is 14.3 Å². The smallest absolute Gasteiger partial charge is 0.254 e. The van der Waals surface area contributed by atoms with E-state index in [0.29, 0.717) is 34.5 Å². The Morgan fingerprint density at radius 3 is 2.70 bits per heavy atom. The molecule has 1 aromatic heterocycles. The first-order chi connectivity index (χ1) is 16.0. The predicted molar refractivity (Wildman–Crippen MR) is 128 cm³/mol. The van der Waals surface area contributed by atoms with Crippen LogP contribution < -0.4 is 9.47 Å². The third-order valence-corrected chi connectivity index (χ3v) is 6.60. The SMILES string of the molecule is COc1ccc(C(=O)N(Cc2cc(Cl)cc(-c3cn4c(n3)CCC4)c2)CC2CC2)cc1OC. The van der Waals surface area contributed by atoms with Crippen LogP contribution in [0.5, 0.6) is 11.5 Å². The van der Waals surface area contributed by atoms with Gasteiger partial charge >= 0.3 is 0 Å². The molecule has 0 N–H and O–H groups in total. The monoisotopic (exact) mass is 465 g/mol. The molecule has 2 aliphatic rings. The second-order valence-electron chi connectivity index (χ2n) is 8.89. The van der Waals surface area contributed by atoms with Crippen LogP contribution in [0.2, 0.25) is 5.02 Å². The summed E-state index contributed by atoms with van der Waals surface area (Å²) in [5, 5.41) is 0.653. The van der Waals surface area contributed by atoms with Crippen LogP contribution in [0, 0.1) is 5.92 Å². The number of benzene rings is 2. The first-order valence-corrected chi connectivity index (χ1v) is 11.8. The molecule has 0 radical (unpaired) electrons. The van der Waals surface area contributed by atoms with Gasteiger partial charge in [0, 0.05) is 48.4 Å². The summed E-state index contributed by atoms with van der Waals surface area (Å²) in [6.07, 6.45) is 6.60. The van der Waals surface area contributed by atoms with Crippen molar-refractivity contribution in [3.63, 3.8) is 0 Å². The Morgan fingerprint density at radius 1 is 1.15 bits per heavy atom. The number of amides is 1. The third kappa shape index (κ3) is 4.71. The Labute approximate surface area is 199 Å². The standard InChI is InChI=1S/C26H28ClN3O3/c1-32-23-8-7-19(13-24(23)33-2)26(31)30(14-17-5-6-17)15-18-10-20(12-21(27)11-18)22-16-29-9-3-4-25(29)28-22/h7-8,10-13,16-17H,3-6,9,14-15H2,1-2H3. The summed E-state index contributed by atoms with van der Waals surface area (Å²) in [5.41, 5.74) is 3.51. The van der Waals surface area contributed by atoms with Gasteiger partial charge in [-0.2, -0.15) is 0 Å². The van der Waals surface area contributed by atoms with Gasteiger partial charge in [0.2, 0.25) is 0 Å². The van der Waals surface area contributed by atoms with Gasteiger partial charge in [-0.25, -0.2) is 4.98 Å². The average molecular weight is 466 g/mol. The second kappa shape index (κ2) is 9.10. The number of aromatic nitrogens is 2. The highest BCUT2D eigenvalue weighted by Crippen LogP contribution is 2.33. The Balaban J connectivity index is 1.42. The number of fused-ring (bicyclic) bond motifs is 1. The lowest BCUT2D eigenvalue weighted by Crippen LogP contribution is -2.32. The van der Waals surface area contributed by atoms with E-state index in [-0.39, 0.29) is 5.91 Å². The van der Waals surface area contributed by atoms with Gasteiger partial charge in [-0.15, -0.1) is 0 Å². The zero-order valence-corrected chi connectivity index (χ0v) is 19.8. The molecule has 0 bridgehead atoms. The molecule has 7 heteroatoms. The van der Waals surface area contributed by atoms with Crippen LogP contribution in [0.25, 0.3) is 11.3 Å². The molecule has 6 nitrogen and oxygen atoms in total. The lowest BCUT2D eigenvalue weighted by Gasteiger charge is -2.24. The molecule has 3 aromatic rings. The molecule has 2 heterocycles. The van der Waals surface area contributed by atoms with Crippen molar-refractivity contribution in [1.82, 2.24) is 14.5 Å². The second-order valence-corrected chi connectivity index (χ2v) is 9.32. The van der Waals surface area contributed by atoms with Crippen molar-refractivity contribution in [2.24, 2.45) is 5.92 Å². The lowest BCUT2D eigenvalue weighted by atomic mass is 10.1. The molecule has 33 heavy (non-hydrogen) atoms. The van der Waals surface area contributed by atoms with E-state index in [1.54, 1.807) is 32.4 Å². The fraction of sp³-hybridized carbons (Fsp3) is 0.385. The molecule has 0 unspecified atom stereocenters. The quantitative estimate of drug-likeness (QED) is 0.457. The molecular weight excluding hydrogens is 438 g/mol. The fourth-order valence-electron chi connectivity index (χ4n) is 4.49. The molecule has 0 atom stereocenters. The number of imidazole rings is 1. The molecule has 2 aromatic carbocycles. The Hall–Kier alpha value is -2.99.